The topological polar surface area (TPSA) is 113 Å². The van der Waals surface area contributed by atoms with E-state index in [9.17, 15) is 12.8 Å². The Kier molecular flexibility index (Phi) is 6.05. The Labute approximate surface area is 179 Å². The summed E-state index contributed by atoms with van der Waals surface area (Å²) in [4.78, 5) is 17.1. The maximum atomic E-state index is 13.2. The Balaban J connectivity index is 1.52. The van der Waals surface area contributed by atoms with E-state index in [0.717, 1.165) is 24.2 Å². The predicted molar refractivity (Wildman–Crippen MR) is 114 cm³/mol. The van der Waals surface area contributed by atoms with Crippen molar-refractivity contribution in [2.24, 2.45) is 0 Å². The molecule has 0 spiro atoms. The lowest BCUT2D eigenvalue weighted by Crippen LogP contribution is -2.39. The van der Waals surface area contributed by atoms with Gasteiger partial charge in [0.25, 0.3) is 0 Å². The van der Waals surface area contributed by atoms with E-state index >= 15 is 0 Å². The standard InChI is InChI=1S/C20H22FN7O2S/c1-22-18-11-19(25-13-24-18)27-20-23-9-8-17(26-20)14-3-2-10-28(12-14)31(29,30)16-6-4-15(21)5-7-16/h4-9,11,13-14H,2-3,10,12H2,1H3,(H2,22,23,24,25,26,27). The Morgan fingerprint density at radius 3 is 2.65 bits per heavy atom. The van der Waals surface area contributed by atoms with Crippen molar-refractivity contribution in [1.29, 1.82) is 0 Å². The lowest BCUT2D eigenvalue weighted by atomic mass is 9.96. The van der Waals surface area contributed by atoms with Crippen LogP contribution in [0.1, 0.15) is 24.5 Å². The van der Waals surface area contributed by atoms with Crippen LogP contribution in [-0.2, 0) is 10.0 Å². The van der Waals surface area contributed by atoms with Crippen LogP contribution in [0.3, 0.4) is 0 Å². The van der Waals surface area contributed by atoms with Crippen molar-refractivity contribution in [3.63, 3.8) is 0 Å². The van der Waals surface area contributed by atoms with Gasteiger partial charge in [0, 0.05) is 38.3 Å². The molecule has 3 heterocycles. The zero-order valence-electron chi connectivity index (χ0n) is 16.9. The summed E-state index contributed by atoms with van der Waals surface area (Å²) in [5.41, 5.74) is 0.749. The second-order valence-corrected chi connectivity index (χ2v) is 9.06. The molecule has 4 rings (SSSR count). The fourth-order valence-corrected chi connectivity index (χ4v) is 5.02. The summed E-state index contributed by atoms with van der Waals surface area (Å²) in [6, 6.07) is 8.42. The molecule has 3 aromatic rings. The number of sulfonamides is 1. The number of hydrogen-bond acceptors (Lipinski definition) is 8. The normalized spacial score (nSPS) is 17.3. The maximum absolute atomic E-state index is 13.2. The molecule has 2 aromatic heterocycles. The highest BCUT2D eigenvalue weighted by atomic mass is 32.2. The fourth-order valence-electron chi connectivity index (χ4n) is 3.49. The molecular weight excluding hydrogens is 421 g/mol. The van der Waals surface area contributed by atoms with Crippen LogP contribution in [0.4, 0.5) is 22.0 Å². The van der Waals surface area contributed by atoms with Crippen molar-refractivity contribution in [1.82, 2.24) is 24.2 Å². The third-order valence-corrected chi connectivity index (χ3v) is 6.97. The smallest absolute Gasteiger partial charge is 0.243 e. The molecule has 31 heavy (non-hydrogen) atoms. The molecule has 11 heteroatoms. The zero-order chi connectivity index (χ0) is 21.8. The van der Waals surface area contributed by atoms with E-state index in [4.69, 9.17) is 0 Å². The molecule has 0 amide bonds. The third-order valence-electron chi connectivity index (χ3n) is 5.09. The minimum atomic E-state index is -3.70. The summed E-state index contributed by atoms with van der Waals surface area (Å²) in [5, 5.41) is 5.99. The van der Waals surface area contributed by atoms with Crippen LogP contribution in [-0.4, -0.2) is 52.8 Å². The van der Waals surface area contributed by atoms with Gasteiger partial charge in [-0.15, -0.1) is 0 Å². The van der Waals surface area contributed by atoms with Crippen LogP contribution in [0.5, 0.6) is 0 Å². The number of benzene rings is 1. The number of piperidine rings is 1. The Bertz CT molecular complexity index is 1160. The van der Waals surface area contributed by atoms with E-state index in [-0.39, 0.29) is 10.8 Å². The van der Waals surface area contributed by atoms with E-state index in [1.165, 1.54) is 22.8 Å². The molecular formula is C20H22FN7O2S. The van der Waals surface area contributed by atoms with Gasteiger partial charge < -0.3 is 10.6 Å². The SMILES string of the molecule is CNc1cc(Nc2nccc(C3CCCN(S(=O)(=O)c4ccc(F)cc4)C3)n2)ncn1. The number of nitrogens with zero attached hydrogens (tertiary/aromatic N) is 5. The van der Waals surface area contributed by atoms with Gasteiger partial charge in [0.05, 0.1) is 10.6 Å². The Morgan fingerprint density at radius 1 is 1.10 bits per heavy atom. The van der Waals surface area contributed by atoms with Gasteiger partial charge in [-0.1, -0.05) is 0 Å². The molecule has 1 fully saturated rings. The molecule has 162 valence electrons. The van der Waals surface area contributed by atoms with Gasteiger partial charge in [0.1, 0.15) is 23.8 Å². The number of rotatable bonds is 6. The summed E-state index contributed by atoms with van der Waals surface area (Å²) in [6.45, 7) is 0.716. The number of anilines is 3. The first-order valence-corrected chi connectivity index (χ1v) is 11.3. The largest absolute Gasteiger partial charge is 0.373 e. The van der Waals surface area contributed by atoms with Crippen LogP contribution < -0.4 is 10.6 Å². The Hall–Kier alpha value is -3.18. The van der Waals surface area contributed by atoms with Gasteiger partial charge in [-0.05, 0) is 43.2 Å². The molecule has 0 radical (unpaired) electrons. The van der Waals surface area contributed by atoms with Crippen LogP contribution in [0.15, 0.2) is 53.8 Å². The van der Waals surface area contributed by atoms with Crippen molar-refractivity contribution < 1.29 is 12.8 Å². The lowest BCUT2D eigenvalue weighted by Gasteiger charge is -2.31. The minimum Gasteiger partial charge on any atom is -0.373 e. The second kappa shape index (κ2) is 8.90. The fraction of sp³-hybridized carbons (Fsp3) is 0.300. The average molecular weight is 444 g/mol. The monoisotopic (exact) mass is 443 g/mol. The molecule has 1 aliphatic heterocycles. The van der Waals surface area contributed by atoms with E-state index in [1.807, 2.05) is 0 Å². The molecule has 9 nitrogen and oxygen atoms in total. The number of nitrogens with one attached hydrogen (secondary N) is 2. The minimum absolute atomic E-state index is 0.0780. The first-order chi connectivity index (χ1) is 15.0. The molecule has 1 aromatic carbocycles. The first kappa shape index (κ1) is 21.1. The molecule has 1 atom stereocenters. The molecule has 1 saturated heterocycles. The van der Waals surface area contributed by atoms with Crippen molar-refractivity contribution in [3.8, 4) is 0 Å². The summed E-state index contributed by atoms with van der Waals surface area (Å²) >= 11 is 0. The lowest BCUT2D eigenvalue weighted by molar-refractivity contribution is 0.312. The molecule has 0 saturated carbocycles. The summed E-state index contributed by atoms with van der Waals surface area (Å²) in [6.07, 6.45) is 4.58. The molecule has 1 unspecified atom stereocenters. The van der Waals surface area contributed by atoms with Gasteiger partial charge in [-0.25, -0.2) is 32.7 Å². The van der Waals surface area contributed by atoms with Crippen LogP contribution >= 0.6 is 0 Å². The highest BCUT2D eigenvalue weighted by Crippen LogP contribution is 2.30. The van der Waals surface area contributed by atoms with Crippen molar-refractivity contribution >= 4 is 27.6 Å². The zero-order valence-corrected chi connectivity index (χ0v) is 17.7. The summed E-state index contributed by atoms with van der Waals surface area (Å²) in [7, 11) is -1.94. The quantitative estimate of drug-likeness (QED) is 0.598. The van der Waals surface area contributed by atoms with Gasteiger partial charge in [0.2, 0.25) is 16.0 Å². The second-order valence-electron chi connectivity index (χ2n) is 7.12. The molecule has 0 bridgehead atoms. The first-order valence-electron chi connectivity index (χ1n) is 9.81. The maximum Gasteiger partial charge on any atom is 0.243 e. The highest BCUT2D eigenvalue weighted by Gasteiger charge is 2.31. The number of aromatic nitrogens is 4. The summed E-state index contributed by atoms with van der Waals surface area (Å²) < 4.78 is 40.6. The van der Waals surface area contributed by atoms with E-state index < -0.39 is 15.8 Å². The van der Waals surface area contributed by atoms with Crippen LogP contribution in [0.2, 0.25) is 0 Å². The van der Waals surface area contributed by atoms with E-state index in [1.54, 1.807) is 25.4 Å². The average Bonchev–Trinajstić information content (AvgIpc) is 2.80. The van der Waals surface area contributed by atoms with Gasteiger partial charge in [-0.3, -0.25) is 0 Å². The number of hydrogen-bond donors (Lipinski definition) is 2. The van der Waals surface area contributed by atoms with Gasteiger partial charge >= 0.3 is 0 Å². The third kappa shape index (κ3) is 4.78. The van der Waals surface area contributed by atoms with Crippen molar-refractivity contribution in [2.75, 3.05) is 30.8 Å². The van der Waals surface area contributed by atoms with Crippen molar-refractivity contribution in [3.05, 3.63) is 60.4 Å². The molecule has 0 aliphatic carbocycles. The Morgan fingerprint density at radius 2 is 1.87 bits per heavy atom. The van der Waals surface area contributed by atoms with Crippen molar-refractivity contribution in [2.45, 2.75) is 23.7 Å². The van der Waals surface area contributed by atoms with E-state index in [0.29, 0.717) is 37.1 Å². The molecule has 2 N–H and O–H groups in total. The summed E-state index contributed by atoms with van der Waals surface area (Å²) in [5.74, 6) is 1.02. The number of halogens is 1. The van der Waals surface area contributed by atoms with Gasteiger partial charge in [0.15, 0.2) is 0 Å². The van der Waals surface area contributed by atoms with Crippen LogP contribution in [0.25, 0.3) is 0 Å². The highest BCUT2D eigenvalue weighted by molar-refractivity contribution is 7.89. The van der Waals surface area contributed by atoms with Gasteiger partial charge in [-0.2, -0.15) is 4.31 Å². The molecule has 1 aliphatic rings. The van der Waals surface area contributed by atoms with E-state index in [2.05, 4.69) is 30.6 Å². The predicted octanol–water partition coefficient (Wildman–Crippen LogP) is 2.76. The van der Waals surface area contributed by atoms with Crippen LogP contribution in [0, 0.1) is 5.82 Å².